The Morgan fingerprint density at radius 2 is 2.21 bits per heavy atom. The van der Waals surface area contributed by atoms with Crippen LogP contribution in [0.1, 0.15) is 0 Å². The zero-order valence-corrected chi connectivity index (χ0v) is 8.23. The van der Waals surface area contributed by atoms with Gasteiger partial charge in [0, 0.05) is 4.70 Å². The molecule has 1 heterocycles. The molecule has 0 N–H and O–H groups in total. The van der Waals surface area contributed by atoms with Crippen LogP contribution in [0.2, 0.25) is 5.02 Å². The summed E-state index contributed by atoms with van der Waals surface area (Å²) in [6, 6.07) is 2.48. The van der Waals surface area contributed by atoms with Gasteiger partial charge in [0.2, 0.25) is 0 Å². The lowest BCUT2D eigenvalue weighted by Gasteiger charge is -1.93. The van der Waals surface area contributed by atoms with Crippen molar-refractivity contribution in [2.45, 2.75) is 0 Å². The average Bonchev–Trinajstić information content (AvgIpc) is 2.48. The third-order valence-electron chi connectivity index (χ3n) is 1.79. The van der Waals surface area contributed by atoms with Crippen molar-refractivity contribution in [3.63, 3.8) is 0 Å². The summed E-state index contributed by atoms with van der Waals surface area (Å²) in [4.78, 5) is 9.99. The highest BCUT2D eigenvalue weighted by Gasteiger charge is 2.16. The van der Waals surface area contributed by atoms with Crippen LogP contribution in [0.3, 0.4) is 0 Å². The number of benzene rings is 1. The van der Waals surface area contributed by atoms with Gasteiger partial charge < -0.3 is 0 Å². The van der Waals surface area contributed by atoms with E-state index in [0.29, 0.717) is 10.1 Å². The van der Waals surface area contributed by atoms with Crippen LogP contribution in [0.5, 0.6) is 0 Å². The van der Waals surface area contributed by atoms with Crippen LogP contribution in [0.15, 0.2) is 17.5 Å². The fraction of sp³-hybridized carbons (Fsp3) is 0. The number of halogens is 2. The van der Waals surface area contributed by atoms with Gasteiger partial charge in [-0.15, -0.1) is 11.3 Å². The Bertz CT molecular complexity index is 525. The third kappa shape index (κ3) is 1.34. The number of thiophene rings is 1. The molecule has 0 bridgehead atoms. The quantitative estimate of drug-likeness (QED) is 0.556. The molecule has 0 aliphatic heterocycles. The van der Waals surface area contributed by atoms with Crippen LogP contribution >= 0.6 is 22.9 Å². The Morgan fingerprint density at radius 3 is 2.86 bits per heavy atom. The van der Waals surface area contributed by atoms with Gasteiger partial charge in [0.15, 0.2) is 0 Å². The molecule has 0 saturated carbocycles. The van der Waals surface area contributed by atoms with Crippen molar-refractivity contribution in [2.24, 2.45) is 0 Å². The number of rotatable bonds is 1. The zero-order valence-electron chi connectivity index (χ0n) is 6.66. The van der Waals surface area contributed by atoms with E-state index in [0.717, 1.165) is 6.07 Å². The van der Waals surface area contributed by atoms with Gasteiger partial charge in [0.1, 0.15) is 5.82 Å². The molecule has 0 amide bonds. The van der Waals surface area contributed by atoms with Gasteiger partial charge in [-0.05, 0) is 12.1 Å². The molecular weight excluding hydrogens is 229 g/mol. The molecule has 1 aromatic carbocycles. The fourth-order valence-corrected chi connectivity index (χ4v) is 2.31. The van der Waals surface area contributed by atoms with Crippen molar-refractivity contribution in [2.75, 3.05) is 0 Å². The molecule has 2 aromatic rings. The summed E-state index contributed by atoms with van der Waals surface area (Å²) in [6.45, 7) is 0. The Hall–Kier alpha value is -1.20. The molecule has 2 rings (SSSR count). The van der Waals surface area contributed by atoms with Crippen molar-refractivity contribution in [3.8, 4) is 0 Å². The Kier molecular flexibility index (Phi) is 2.13. The standard InChI is InChI=1S/C8H3ClFNO2S/c9-5-2-8-4(1-6(5)10)7(3-14-8)11(12)13/h1-3H. The first-order chi connectivity index (χ1) is 6.59. The van der Waals surface area contributed by atoms with Gasteiger partial charge in [-0.25, -0.2) is 4.39 Å². The molecule has 0 fully saturated rings. The molecule has 0 spiro atoms. The summed E-state index contributed by atoms with van der Waals surface area (Å²) in [5.41, 5.74) is -0.0828. The second kappa shape index (κ2) is 3.18. The molecule has 0 aliphatic carbocycles. The summed E-state index contributed by atoms with van der Waals surface area (Å²) >= 11 is 6.71. The maximum Gasteiger partial charge on any atom is 0.287 e. The van der Waals surface area contributed by atoms with E-state index in [2.05, 4.69) is 0 Å². The zero-order chi connectivity index (χ0) is 10.3. The summed E-state index contributed by atoms with van der Waals surface area (Å²) in [5.74, 6) is -0.638. The molecule has 0 atom stereocenters. The SMILES string of the molecule is O=[N+]([O-])c1csc2cc(Cl)c(F)cc12. The van der Waals surface area contributed by atoms with Gasteiger partial charge in [-0.2, -0.15) is 0 Å². The lowest BCUT2D eigenvalue weighted by Crippen LogP contribution is -1.85. The van der Waals surface area contributed by atoms with Crippen molar-refractivity contribution in [1.29, 1.82) is 0 Å². The number of hydrogen-bond donors (Lipinski definition) is 0. The normalized spacial score (nSPS) is 10.7. The first-order valence-electron chi connectivity index (χ1n) is 3.60. The van der Waals surface area contributed by atoms with E-state index in [9.17, 15) is 14.5 Å². The maximum atomic E-state index is 13.0. The van der Waals surface area contributed by atoms with E-state index in [4.69, 9.17) is 11.6 Å². The number of hydrogen-bond acceptors (Lipinski definition) is 3. The van der Waals surface area contributed by atoms with Crippen LogP contribution < -0.4 is 0 Å². The second-order valence-corrected chi connectivity index (χ2v) is 3.96. The lowest BCUT2D eigenvalue weighted by molar-refractivity contribution is -0.382. The molecule has 1 aromatic heterocycles. The summed E-state index contributed by atoms with van der Waals surface area (Å²) in [6.07, 6.45) is 0. The molecule has 0 radical (unpaired) electrons. The smallest absolute Gasteiger partial charge is 0.258 e. The Labute approximate surface area is 86.9 Å². The summed E-state index contributed by atoms with van der Waals surface area (Å²) < 4.78 is 13.6. The van der Waals surface area contributed by atoms with Crippen LogP contribution in [-0.2, 0) is 0 Å². The third-order valence-corrected chi connectivity index (χ3v) is 3.02. The van der Waals surface area contributed by atoms with E-state index in [1.807, 2.05) is 0 Å². The minimum absolute atomic E-state index is 0.0192. The summed E-state index contributed by atoms with van der Waals surface area (Å²) in [7, 11) is 0. The number of fused-ring (bicyclic) bond motifs is 1. The average molecular weight is 232 g/mol. The fourth-order valence-electron chi connectivity index (χ4n) is 1.15. The molecule has 0 saturated heterocycles. The highest BCUT2D eigenvalue weighted by Crippen LogP contribution is 2.34. The van der Waals surface area contributed by atoms with Crippen LogP contribution in [0.4, 0.5) is 10.1 Å². The first kappa shape index (κ1) is 9.36. The van der Waals surface area contributed by atoms with E-state index in [1.54, 1.807) is 0 Å². The van der Waals surface area contributed by atoms with Crippen LogP contribution in [0.25, 0.3) is 10.1 Å². The predicted molar refractivity (Wildman–Crippen MR) is 53.4 cm³/mol. The molecule has 14 heavy (non-hydrogen) atoms. The summed E-state index contributed by atoms with van der Waals surface area (Å²) in [5, 5.41) is 12.2. The van der Waals surface area contributed by atoms with Gasteiger partial charge in [-0.1, -0.05) is 11.6 Å². The Morgan fingerprint density at radius 1 is 1.50 bits per heavy atom. The minimum atomic E-state index is -0.638. The lowest BCUT2D eigenvalue weighted by atomic mass is 10.2. The molecule has 0 unspecified atom stereocenters. The highest BCUT2D eigenvalue weighted by atomic mass is 35.5. The number of nitro groups is 1. The topological polar surface area (TPSA) is 43.1 Å². The molecule has 0 aliphatic rings. The molecule has 6 heteroatoms. The van der Waals surface area contributed by atoms with Crippen LogP contribution in [0, 0.1) is 15.9 Å². The monoisotopic (exact) mass is 231 g/mol. The minimum Gasteiger partial charge on any atom is -0.258 e. The van der Waals surface area contributed by atoms with E-state index in [-0.39, 0.29) is 10.7 Å². The van der Waals surface area contributed by atoms with Crippen molar-refractivity contribution in [1.82, 2.24) is 0 Å². The van der Waals surface area contributed by atoms with Gasteiger partial charge in [-0.3, -0.25) is 10.1 Å². The van der Waals surface area contributed by atoms with Crippen molar-refractivity contribution < 1.29 is 9.31 Å². The molecule has 72 valence electrons. The predicted octanol–water partition coefficient (Wildman–Crippen LogP) is 3.60. The second-order valence-electron chi connectivity index (χ2n) is 2.64. The first-order valence-corrected chi connectivity index (χ1v) is 4.86. The van der Waals surface area contributed by atoms with E-state index >= 15 is 0 Å². The number of nitrogens with zero attached hydrogens (tertiary/aromatic N) is 1. The molecule has 3 nitrogen and oxygen atoms in total. The van der Waals surface area contributed by atoms with Gasteiger partial charge in [0.25, 0.3) is 5.69 Å². The van der Waals surface area contributed by atoms with E-state index in [1.165, 1.54) is 22.8 Å². The Balaban J connectivity index is 2.80. The van der Waals surface area contributed by atoms with Crippen LogP contribution in [-0.4, -0.2) is 4.92 Å². The van der Waals surface area contributed by atoms with E-state index < -0.39 is 10.7 Å². The van der Waals surface area contributed by atoms with Crippen molar-refractivity contribution >= 4 is 38.7 Å². The molecular formula is C8H3ClFNO2S. The largest absolute Gasteiger partial charge is 0.287 e. The van der Waals surface area contributed by atoms with Gasteiger partial charge in [0.05, 0.1) is 20.7 Å². The maximum absolute atomic E-state index is 13.0. The highest BCUT2D eigenvalue weighted by molar-refractivity contribution is 7.17. The van der Waals surface area contributed by atoms with Gasteiger partial charge >= 0.3 is 0 Å². The van der Waals surface area contributed by atoms with Crippen molar-refractivity contribution in [3.05, 3.63) is 38.5 Å².